The van der Waals surface area contributed by atoms with Gasteiger partial charge in [0.1, 0.15) is 5.78 Å². The summed E-state index contributed by atoms with van der Waals surface area (Å²) in [5, 5.41) is 0.719. The van der Waals surface area contributed by atoms with Crippen LogP contribution >= 0.6 is 11.6 Å². The van der Waals surface area contributed by atoms with Crippen molar-refractivity contribution in [3.63, 3.8) is 0 Å². The molecule has 0 saturated carbocycles. The monoisotopic (exact) mass is 280 g/mol. The fraction of sp³-hybridized carbons (Fsp3) is 0.588. The Morgan fingerprint density at radius 2 is 1.79 bits per heavy atom. The predicted octanol–water partition coefficient (Wildman–Crippen LogP) is 5.51. The highest BCUT2D eigenvalue weighted by molar-refractivity contribution is 6.31. The van der Waals surface area contributed by atoms with E-state index in [-0.39, 0.29) is 0 Å². The van der Waals surface area contributed by atoms with Gasteiger partial charge in [0.15, 0.2) is 0 Å². The molecule has 0 N–H and O–H groups in total. The molecular weight excluding hydrogens is 256 g/mol. The topological polar surface area (TPSA) is 17.1 Å². The van der Waals surface area contributed by atoms with Crippen LogP contribution in [0.25, 0.3) is 0 Å². The maximum atomic E-state index is 11.9. The van der Waals surface area contributed by atoms with Gasteiger partial charge in [0, 0.05) is 17.9 Å². The summed E-state index contributed by atoms with van der Waals surface area (Å²) in [6, 6.07) is 5.91. The Morgan fingerprint density at radius 1 is 1.11 bits per heavy atom. The first kappa shape index (κ1) is 16.2. The van der Waals surface area contributed by atoms with Gasteiger partial charge in [-0.1, -0.05) is 62.8 Å². The summed E-state index contributed by atoms with van der Waals surface area (Å²) >= 11 is 6.14. The summed E-state index contributed by atoms with van der Waals surface area (Å²) in [6.45, 7) is 4.22. The Balaban J connectivity index is 2.23. The average molecular weight is 281 g/mol. The van der Waals surface area contributed by atoms with E-state index in [9.17, 15) is 4.79 Å². The van der Waals surface area contributed by atoms with E-state index in [2.05, 4.69) is 6.92 Å². The Morgan fingerprint density at radius 3 is 2.47 bits per heavy atom. The third-order valence-corrected chi connectivity index (χ3v) is 3.76. The van der Waals surface area contributed by atoms with Gasteiger partial charge in [0.05, 0.1) is 0 Å². The molecule has 0 amide bonds. The lowest BCUT2D eigenvalue weighted by Gasteiger charge is -2.05. The summed E-state index contributed by atoms with van der Waals surface area (Å²) in [4.78, 5) is 11.9. The Bertz CT molecular complexity index is 398. The molecule has 1 nitrogen and oxygen atoms in total. The van der Waals surface area contributed by atoms with Crippen molar-refractivity contribution in [2.45, 2.75) is 65.2 Å². The second-order valence-electron chi connectivity index (χ2n) is 5.33. The number of hydrogen-bond donors (Lipinski definition) is 0. The number of rotatable bonds is 9. The molecule has 0 bridgehead atoms. The number of carbonyl (C=O) groups is 1. The Labute approximate surface area is 122 Å². The van der Waals surface area contributed by atoms with E-state index in [0.717, 1.165) is 22.6 Å². The van der Waals surface area contributed by atoms with Gasteiger partial charge in [-0.3, -0.25) is 4.79 Å². The minimum atomic E-state index is 0.307. The molecule has 0 aliphatic carbocycles. The maximum Gasteiger partial charge on any atom is 0.137 e. The van der Waals surface area contributed by atoms with E-state index in [1.165, 1.54) is 32.1 Å². The number of carbonyl (C=O) groups excluding carboxylic acids is 1. The van der Waals surface area contributed by atoms with Crippen LogP contribution < -0.4 is 0 Å². The molecule has 0 radical (unpaired) electrons. The van der Waals surface area contributed by atoms with Crippen molar-refractivity contribution in [1.82, 2.24) is 0 Å². The van der Waals surface area contributed by atoms with Crippen LogP contribution in [0.15, 0.2) is 18.2 Å². The molecule has 0 unspecified atom stereocenters. The van der Waals surface area contributed by atoms with Crippen molar-refractivity contribution >= 4 is 17.4 Å². The van der Waals surface area contributed by atoms with Gasteiger partial charge >= 0.3 is 0 Å². The number of hydrogen-bond acceptors (Lipinski definition) is 1. The smallest absolute Gasteiger partial charge is 0.137 e. The van der Waals surface area contributed by atoms with Gasteiger partial charge in [-0.05, 0) is 30.5 Å². The first-order valence-corrected chi connectivity index (χ1v) is 7.78. The zero-order valence-electron chi connectivity index (χ0n) is 12.2. The highest BCUT2D eigenvalue weighted by Crippen LogP contribution is 2.19. The third-order valence-electron chi connectivity index (χ3n) is 3.41. The number of benzene rings is 1. The number of unbranched alkanes of at least 4 members (excludes halogenated alkanes) is 5. The van der Waals surface area contributed by atoms with E-state index in [0.29, 0.717) is 18.6 Å². The molecule has 1 aromatic carbocycles. The summed E-state index contributed by atoms with van der Waals surface area (Å²) < 4.78 is 0. The molecule has 0 aromatic heterocycles. The standard InChI is InChI=1S/C17H25ClO/c1-3-4-5-6-7-8-9-16(19)13-15-11-10-14(2)12-17(15)18/h10-12H,3-9,13H2,1-2H3. The SMILES string of the molecule is CCCCCCCCC(=O)Cc1ccc(C)cc1Cl. The predicted molar refractivity (Wildman–Crippen MR) is 82.9 cm³/mol. The number of aryl methyl sites for hydroxylation is 1. The molecular formula is C17H25ClO. The summed E-state index contributed by atoms with van der Waals surface area (Å²) in [6.07, 6.45) is 8.50. The maximum absolute atomic E-state index is 11.9. The quantitative estimate of drug-likeness (QED) is 0.545. The first-order valence-electron chi connectivity index (χ1n) is 7.40. The van der Waals surface area contributed by atoms with Crippen LogP contribution in [0, 0.1) is 6.92 Å². The largest absolute Gasteiger partial charge is 0.299 e. The molecule has 106 valence electrons. The van der Waals surface area contributed by atoms with Gasteiger partial charge in [0.2, 0.25) is 0 Å². The first-order chi connectivity index (χ1) is 9.13. The second-order valence-corrected chi connectivity index (χ2v) is 5.74. The van der Waals surface area contributed by atoms with Gasteiger partial charge in [-0.2, -0.15) is 0 Å². The van der Waals surface area contributed by atoms with Crippen LogP contribution in [0.2, 0.25) is 5.02 Å². The van der Waals surface area contributed by atoms with Crippen molar-refractivity contribution in [2.24, 2.45) is 0 Å². The van der Waals surface area contributed by atoms with E-state index >= 15 is 0 Å². The molecule has 19 heavy (non-hydrogen) atoms. The van der Waals surface area contributed by atoms with Gasteiger partial charge in [0.25, 0.3) is 0 Å². The molecule has 0 fully saturated rings. The van der Waals surface area contributed by atoms with Crippen molar-refractivity contribution in [1.29, 1.82) is 0 Å². The number of ketones is 1. The fourth-order valence-electron chi connectivity index (χ4n) is 2.20. The third kappa shape index (κ3) is 6.77. The molecule has 1 rings (SSSR count). The normalized spacial score (nSPS) is 10.7. The lowest BCUT2D eigenvalue weighted by Crippen LogP contribution is -2.03. The highest BCUT2D eigenvalue weighted by atomic mass is 35.5. The van der Waals surface area contributed by atoms with Crippen LogP contribution in [-0.2, 0) is 11.2 Å². The van der Waals surface area contributed by atoms with E-state index < -0.39 is 0 Å². The van der Waals surface area contributed by atoms with Crippen LogP contribution in [-0.4, -0.2) is 5.78 Å². The minimum absolute atomic E-state index is 0.307. The molecule has 0 heterocycles. The average Bonchev–Trinajstić information content (AvgIpc) is 2.37. The summed E-state index contributed by atoms with van der Waals surface area (Å²) in [5.74, 6) is 0.307. The number of Topliss-reactive ketones (excluding diaryl/α,β-unsaturated/α-hetero) is 1. The zero-order chi connectivity index (χ0) is 14.1. The van der Waals surface area contributed by atoms with Crippen LogP contribution in [0.5, 0.6) is 0 Å². The molecule has 0 atom stereocenters. The van der Waals surface area contributed by atoms with Crippen LogP contribution in [0.1, 0.15) is 63.0 Å². The zero-order valence-corrected chi connectivity index (χ0v) is 12.9. The second kappa shape index (κ2) is 9.14. The molecule has 2 heteroatoms. The van der Waals surface area contributed by atoms with Crippen LogP contribution in [0.3, 0.4) is 0 Å². The minimum Gasteiger partial charge on any atom is -0.299 e. The van der Waals surface area contributed by atoms with Crippen LogP contribution in [0.4, 0.5) is 0 Å². The fourth-order valence-corrected chi connectivity index (χ4v) is 2.50. The molecule has 0 saturated heterocycles. The van der Waals surface area contributed by atoms with E-state index in [1.54, 1.807) is 0 Å². The molecule has 1 aromatic rings. The van der Waals surface area contributed by atoms with Gasteiger partial charge in [-0.15, -0.1) is 0 Å². The lowest BCUT2D eigenvalue weighted by molar-refractivity contribution is -0.118. The lowest BCUT2D eigenvalue weighted by atomic mass is 10.0. The molecule has 0 aliphatic rings. The van der Waals surface area contributed by atoms with Crippen molar-refractivity contribution in [3.8, 4) is 0 Å². The van der Waals surface area contributed by atoms with Crippen molar-refractivity contribution in [2.75, 3.05) is 0 Å². The van der Waals surface area contributed by atoms with E-state index in [4.69, 9.17) is 11.6 Å². The Hall–Kier alpha value is -0.820. The summed E-state index contributed by atoms with van der Waals surface area (Å²) in [7, 11) is 0. The van der Waals surface area contributed by atoms with Crippen molar-refractivity contribution < 1.29 is 4.79 Å². The molecule has 0 aliphatic heterocycles. The van der Waals surface area contributed by atoms with Gasteiger partial charge in [-0.25, -0.2) is 0 Å². The Kier molecular flexibility index (Phi) is 7.81. The summed E-state index contributed by atoms with van der Waals surface area (Å²) in [5.41, 5.74) is 2.10. The number of halogens is 1. The van der Waals surface area contributed by atoms with Gasteiger partial charge < -0.3 is 0 Å². The van der Waals surface area contributed by atoms with Crippen molar-refractivity contribution in [3.05, 3.63) is 34.3 Å². The molecule has 0 spiro atoms. The van der Waals surface area contributed by atoms with E-state index in [1.807, 2.05) is 25.1 Å². The highest BCUT2D eigenvalue weighted by Gasteiger charge is 2.07.